The third-order valence-corrected chi connectivity index (χ3v) is 6.68. The highest BCUT2D eigenvalue weighted by Crippen LogP contribution is 2.42. The Morgan fingerprint density at radius 3 is 2.51 bits per heavy atom. The number of anilines is 2. The van der Waals surface area contributed by atoms with Crippen LogP contribution in [0.1, 0.15) is 27.2 Å². The van der Waals surface area contributed by atoms with Gasteiger partial charge >= 0.3 is 0 Å². The fourth-order valence-corrected chi connectivity index (χ4v) is 4.72. The summed E-state index contributed by atoms with van der Waals surface area (Å²) in [6.45, 7) is 9.99. The van der Waals surface area contributed by atoms with E-state index in [9.17, 15) is 4.79 Å². The van der Waals surface area contributed by atoms with Crippen LogP contribution in [0.5, 0.6) is 5.88 Å². The largest absolute Gasteiger partial charge is 0.474 e. The van der Waals surface area contributed by atoms with E-state index in [1.54, 1.807) is 0 Å². The third kappa shape index (κ3) is 5.29. The lowest BCUT2D eigenvalue weighted by molar-refractivity contribution is -0.115. The second-order valence-corrected chi connectivity index (χ2v) is 9.76. The van der Waals surface area contributed by atoms with Crippen LogP contribution in [-0.4, -0.2) is 65.1 Å². The summed E-state index contributed by atoms with van der Waals surface area (Å²) in [6.07, 6.45) is 1.91. The molecule has 5 rings (SSSR count). The molecular formula is C29H34N6O2. The number of ether oxygens (including phenoxy) is 1. The van der Waals surface area contributed by atoms with Crippen LogP contribution in [-0.2, 0) is 4.79 Å². The molecule has 0 radical (unpaired) electrons. The van der Waals surface area contributed by atoms with Gasteiger partial charge in [-0.2, -0.15) is 0 Å². The fraction of sp³-hybridized carbons (Fsp3) is 0.345. The number of benzene rings is 2. The molecule has 8 heteroatoms. The number of H-pyrrole nitrogens is 1. The third-order valence-electron chi connectivity index (χ3n) is 6.68. The van der Waals surface area contributed by atoms with Crippen LogP contribution in [0.25, 0.3) is 33.4 Å². The van der Waals surface area contributed by atoms with E-state index < -0.39 is 0 Å². The number of aromatic nitrogens is 3. The summed E-state index contributed by atoms with van der Waals surface area (Å²) < 4.78 is 6.11. The molecule has 0 aliphatic carbocycles. The van der Waals surface area contributed by atoms with Gasteiger partial charge in [0.15, 0.2) is 0 Å². The Labute approximate surface area is 217 Å². The number of carbonyl (C=O) groups is 1. The maximum Gasteiger partial charge on any atom is 0.227 e. The maximum absolute atomic E-state index is 12.1. The number of rotatable bonds is 7. The number of likely N-dealkylation sites (N-methyl/N-ethyl adjacent to an activating group) is 1. The summed E-state index contributed by atoms with van der Waals surface area (Å²) in [5.41, 5.74) is 6.56. The first-order valence-electron chi connectivity index (χ1n) is 12.9. The Balaban J connectivity index is 1.62. The zero-order chi connectivity index (χ0) is 25.9. The first-order valence-corrected chi connectivity index (χ1v) is 12.9. The van der Waals surface area contributed by atoms with Crippen molar-refractivity contribution in [2.24, 2.45) is 0 Å². The molecule has 2 N–H and O–H groups in total. The number of carbonyl (C=O) groups excluding carboxylic acids is 1. The monoisotopic (exact) mass is 498 g/mol. The predicted octanol–water partition coefficient (Wildman–Crippen LogP) is 5.18. The minimum Gasteiger partial charge on any atom is -0.474 e. The van der Waals surface area contributed by atoms with Crippen LogP contribution in [0.2, 0.25) is 0 Å². The van der Waals surface area contributed by atoms with Crippen molar-refractivity contribution in [3.63, 3.8) is 0 Å². The molecule has 8 nitrogen and oxygen atoms in total. The van der Waals surface area contributed by atoms with Crippen molar-refractivity contribution in [2.75, 3.05) is 43.4 Å². The molecule has 1 aliphatic rings. The van der Waals surface area contributed by atoms with Gasteiger partial charge in [-0.3, -0.25) is 4.79 Å². The van der Waals surface area contributed by atoms with Crippen LogP contribution < -0.4 is 15.0 Å². The normalized spacial score (nSPS) is 14.4. The van der Waals surface area contributed by atoms with Crippen molar-refractivity contribution in [1.29, 1.82) is 0 Å². The van der Waals surface area contributed by atoms with Crippen molar-refractivity contribution in [2.45, 2.75) is 33.3 Å². The Morgan fingerprint density at radius 2 is 1.81 bits per heavy atom. The molecular weight excluding hydrogens is 464 g/mol. The van der Waals surface area contributed by atoms with Gasteiger partial charge in [0, 0.05) is 49.5 Å². The fourth-order valence-electron chi connectivity index (χ4n) is 4.72. The summed E-state index contributed by atoms with van der Waals surface area (Å²) in [4.78, 5) is 29.4. The van der Waals surface area contributed by atoms with E-state index in [-0.39, 0.29) is 12.0 Å². The number of nitrogens with one attached hydrogen (secondary N) is 2. The number of fused-ring (bicyclic) bond motifs is 1. The van der Waals surface area contributed by atoms with E-state index in [1.165, 1.54) is 12.0 Å². The standard InChI is InChI=1S/C29H34N6O2/c1-5-24(36)32-22-8-6-7-21(17-22)25-26-28(30-18-31-29(26)37-19(2)3)33-27(25)20-9-11-23(12-10-20)35-15-13-34(4)14-16-35/h6-12,17-19H,5,13-16H2,1-4H3,(H,32,36)(H,30,31,33). The Hall–Kier alpha value is -3.91. The van der Waals surface area contributed by atoms with E-state index in [1.807, 2.05) is 45.0 Å². The van der Waals surface area contributed by atoms with Gasteiger partial charge in [0.2, 0.25) is 11.8 Å². The first-order chi connectivity index (χ1) is 17.9. The van der Waals surface area contributed by atoms with Crippen LogP contribution in [0.4, 0.5) is 11.4 Å². The van der Waals surface area contributed by atoms with Gasteiger partial charge in [0.1, 0.15) is 12.0 Å². The zero-order valence-corrected chi connectivity index (χ0v) is 21.9. The minimum atomic E-state index is -0.0395. The van der Waals surface area contributed by atoms with Crippen LogP contribution >= 0.6 is 0 Å². The smallest absolute Gasteiger partial charge is 0.227 e. The van der Waals surface area contributed by atoms with Gasteiger partial charge in [0.05, 0.1) is 17.2 Å². The molecule has 0 spiro atoms. The van der Waals surface area contributed by atoms with Gasteiger partial charge in [0.25, 0.3) is 0 Å². The molecule has 0 saturated carbocycles. The first kappa shape index (κ1) is 24.8. The lowest BCUT2D eigenvalue weighted by atomic mass is 9.98. The molecule has 3 heterocycles. The summed E-state index contributed by atoms with van der Waals surface area (Å²) >= 11 is 0. The molecule has 4 aromatic rings. The van der Waals surface area contributed by atoms with E-state index in [0.717, 1.165) is 59.6 Å². The van der Waals surface area contributed by atoms with Gasteiger partial charge in [-0.15, -0.1) is 0 Å². The number of nitrogens with zero attached hydrogens (tertiary/aromatic N) is 4. The Bertz CT molecular complexity index is 1390. The van der Waals surface area contributed by atoms with Gasteiger partial charge in [-0.25, -0.2) is 9.97 Å². The van der Waals surface area contributed by atoms with Crippen LogP contribution in [0.3, 0.4) is 0 Å². The zero-order valence-electron chi connectivity index (χ0n) is 21.9. The molecule has 1 amide bonds. The van der Waals surface area contributed by atoms with Crippen LogP contribution in [0.15, 0.2) is 54.9 Å². The quantitative estimate of drug-likeness (QED) is 0.365. The number of hydrogen-bond donors (Lipinski definition) is 2. The van der Waals surface area contributed by atoms with E-state index >= 15 is 0 Å². The molecule has 192 valence electrons. The van der Waals surface area contributed by atoms with Gasteiger partial charge < -0.3 is 24.8 Å². The number of amides is 1. The van der Waals surface area contributed by atoms with E-state index in [2.05, 4.69) is 61.4 Å². The molecule has 0 bridgehead atoms. The highest BCUT2D eigenvalue weighted by atomic mass is 16.5. The van der Waals surface area contributed by atoms with Gasteiger partial charge in [-0.1, -0.05) is 31.2 Å². The van der Waals surface area contributed by atoms with Crippen molar-refractivity contribution in [3.8, 4) is 28.3 Å². The lowest BCUT2D eigenvalue weighted by Crippen LogP contribution is -2.44. The molecule has 2 aromatic carbocycles. The van der Waals surface area contributed by atoms with Crippen LogP contribution in [0, 0.1) is 0 Å². The second kappa shape index (κ2) is 10.6. The van der Waals surface area contributed by atoms with E-state index in [0.29, 0.717) is 17.9 Å². The summed E-state index contributed by atoms with van der Waals surface area (Å²) in [5, 5.41) is 3.80. The SMILES string of the molecule is CCC(=O)Nc1cccc(-c2c(-c3ccc(N4CCN(C)CC4)cc3)[nH]c3ncnc(OC(C)C)c23)c1. The topological polar surface area (TPSA) is 86.4 Å². The van der Waals surface area contributed by atoms with Gasteiger partial charge in [-0.05, 0) is 56.3 Å². The second-order valence-electron chi connectivity index (χ2n) is 9.76. The average Bonchev–Trinajstić information content (AvgIpc) is 3.30. The molecule has 0 atom stereocenters. The Kier molecular flexibility index (Phi) is 7.10. The van der Waals surface area contributed by atoms with Crippen molar-refractivity contribution >= 4 is 28.3 Å². The average molecular weight is 499 g/mol. The maximum atomic E-state index is 12.1. The summed E-state index contributed by atoms with van der Waals surface area (Å²) in [7, 11) is 2.17. The number of aromatic amines is 1. The summed E-state index contributed by atoms with van der Waals surface area (Å²) in [5.74, 6) is 0.512. The highest BCUT2D eigenvalue weighted by Gasteiger charge is 2.22. The molecule has 1 fully saturated rings. The molecule has 1 aliphatic heterocycles. The predicted molar refractivity (Wildman–Crippen MR) is 149 cm³/mol. The lowest BCUT2D eigenvalue weighted by Gasteiger charge is -2.34. The molecule has 2 aromatic heterocycles. The Morgan fingerprint density at radius 1 is 1.05 bits per heavy atom. The molecule has 37 heavy (non-hydrogen) atoms. The number of hydrogen-bond acceptors (Lipinski definition) is 6. The number of piperazine rings is 1. The van der Waals surface area contributed by atoms with E-state index in [4.69, 9.17) is 4.74 Å². The van der Waals surface area contributed by atoms with Crippen molar-refractivity contribution < 1.29 is 9.53 Å². The van der Waals surface area contributed by atoms with Crippen molar-refractivity contribution in [3.05, 3.63) is 54.9 Å². The van der Waals surface area contributed by atoms with Crippen molar-refractivity contribution in [1.82, 2.24) is 19.9 Å². The highest BCUT2D eigenvalue weighted by molar-refractivity contribution is 6.05. The molecule has 1 saturated heterocycles. The minimum absolute atomic E-state index is 0.0250. The molecule has 0 unspecified atom stereocenters. The summed E-state index contributed by atoms with van der Waals surface area (Å²) in [6, 6.07) is 16.6.